The number of nitrogens with zero attached hydrogens (tertiary/aromatic N) is 5. The number of hydrogen-bond acceptors (Lipinski definition) is 7. The van der Waals surface area contributed by atoms with Crippen molar-refractivity contribution >= 4 is 27.4 Å². The molecule has 1 aliphatic rings. The van der Waals surface area contributed by atoms with Crippen LogP contribution in [0.4, 0.5) is 5.13 Å². The third kappa shape index (κ3) is 3.21. The second-order valence-electron chi connectivity index (χ2n) is 6.24. The molecular weight excluding hydrogens is 338 g/mol. The molecule has 25 heavy (non-hydrogen) atoms. The van der Waals surface area contributed by atoms with E-state index in [2.05, 4.69) is 20.1 Å². The van der Waals surface area contributed by atoms with Crippen molar-refractivity contribution in [2.24, 2.45) is 5.92 Å². The first-order chi connectivity index (χ1) is 12.2. The third-order valence-electron chi connectivity index (χ3n) is 4.72. The molecule has 3 heterocycles. The summed E-state index contributed by atoms with van der Waals surface area (Å²) in [6.45, 7) is 2.61. The van der Waals surface area contributed by atoms with Crippen LogP contribution in [0.25, 0.3) is 10.9 Å². The number of benzene rings is 1. The molecular formula is C17H19N5O2S. The van der Waals surface area contributed by atoms with Crippen LogP contribution in [0.15, 0.2) is 34.8 Å². The maximum atomic E-state index is 12.7. The van der Waals surface area contributed by atoms with E-state index in [-0.39, 0.29) is 5.56 Å². The lowest BCUT2D eigenvalue weighted by Gasteiger charge is -2.31. The monoisotopic (exact) mass is 357 g/mol. The van der Waals surface area contributed by atoms with E-state index in [0.29, 0.717) is 29.1 Å². The molecule has 8 heteroatoms. The topological polar surface area (TPSA) is 73.1 Å². The van der Waals surface area contributed by atoms with Crippen molar-refractivity contribution in [1.82, 2.24) is 19.7 Å². The van der Waals surface area contributed by atoms with Crippen LogP contribution in [-0.2, 0) is 6.54 Å². The molecule has 1 saturated heterocycles. The maximum Gasteiger partial charge on any atom is 0.261 e. The van der Waals surface area contributed by atoms with E-state index in [1.807, 2.05) is 0 Å². The van der Waals surface area contributed by atoms with Crippen LogP contribution >= 0.6 is 11.3 Å². The van der Waals surface area contributed by atoms with Gasteiger partial charge in [0, 0.05) is 25.7 Å². The summed E-state index contributed by atoms with van der Waals surface area (Å²) in [7, 11) is 1.61. The number of hydrogen-bond donors (Lipinski definition) is 0. The first-order valence-corrected chi connectivity index (χ1v) is 9.17. The van der Waals surface area contributed by atoms with Gasteiger partial charge in [-0.3, -0.25) is 9.36 Å². The Bertz CT molecular complexity index is 916. The number of ether oxygens (including phenoxy) is 1. The number of rotatable bonds is 4. The highest BCUT2D eigenvalue weighted by Gasteiger charge is 2.22. The minimum absolute atomic E-state index is 0.0132. The highest BCUT2D eigenvalue weighted by molar-refractivity contribution is 7.13. The Morgan fingerprint density at radius 3 is 2.88 bits per heavy atom. The van der Waals surface area contributed by atoms with Gasteiger partial charge in [0.25, 0.3) is 5.56 Å². The van der Waals surface area contributed by atoms with Crippen molar-refractivity contribution < 1.29 is 4.74 Å². The SMILES string of the molecule is COc1ccc2c(=O)n(CC3CCN(c4nncs4)CC3)cnc2c1. The molecule has 130 valence electrons. The molecule has 0 saturated carbocycles. The van der Waals surface area contributed by atoms with E-state index in [9.17, 15) is 4.79 Å². The summed E-state index contributed by atoms with van der Waals surface area (Å²) in [6.07, 6.45) is 3.72. The molecule has 0 unspecified atom stereocenters. The normalized spacial score (nSPS) is 15.6. The lowest BCUT2D eigenvalue weighted by atomic mass is 9.97. The Balaban J connectivity index is 1.48. The van der Waals surface area contributed by atoms with Gasteiger partial charge in [-0.2, -0.15) is 0 Å². The fourth-order valence-corrected chi connectivity index (χ4v) is 3.90. The first-order valence-electron chi connectivity index (χ1n) is 8.29. The van der Waals surface area contributed by atoms with Gasteiger partial charge in [-0.25, -0.2) is 4.98 Å². The summed E-state index contributed by atoms with van der Waals surface area (Å²) in [5.41, 5.74) is 2.45. The second-order valence-corrected chi connectivity index (χ2v) is 7.05. The average Bonchev–Trinajstić information content (AvgIpc) is 3.19. The van der Waals surface area contributed by atoms with Crippen LogP contribution in [0.3, 0.4) is 0 Å². The first kappa shape index (κ1) is 16.0. The van der Waals surface area contributed by atoms with Gasteiger partial charge in [0.1, 0.15) is 11.3 Å². The van der Waals surface area contributed by atoms with Crippen LogP contribution < -0.4 is 15.2 Å². The summed E-state index contributed by atoms with van der Waals surface area (Å²) in [5, 5.41) is 9.65. The standard InChI is InChI=1S/C17H19N5O2S/c1-24-13-2-3-14-15(8-13)18-10-22(16(14)23)9-12-4-6-21(7-5-12)17-20-19-11-25-17/h2-3,8,10-12H,4-7,9H2,1H3. The number of methoxy groups -OCH3 is 1. The molecule has 0 amide bonds. The molecule has 0 N–H and O–H groups in total. The smallest absolute Gasteiger partial charge is 0.261 e. The van der Waals surface area contributed by atoms with Crippen molar-refractivity contribution in [2.45, 2.75) is 19.4 Å². The highest BCUT2D eigenvalue weighted by atomic mass is 32.1. The highest BCUT2D eigenvalue weighted by Crippen LogP contribution is 2.25. The molecule has 0 spiro atoms. The lowest BCUT2D eigenvalue weighted by Crippen LogP contribution is -2.36. The largest absolute Gasteiger partial charge is 0.497 e. The zero-order valence-corrected chi connectivity index (χ0v) is 14.8. The van der Waals surface area contributed by atoms with E-state index in [4.69, 9.17) is 4.74 Å². The van der Waals surface area contributed by atoms with E-state index in [0.717, 1.165) is 31.1 Å². The maximum absolute atomic E-state index is 12.7. The van der Waals surface area contributed by atoms with Crippen molar-refractivity contribution in [1.29, 1.82) is 0 Å². The molecule has 1 aliphatic heterocycles. The van der Waals surface area contributed by atoms with Crippen LogP contribution in [0.2, 0.25) is 0 Å². The van der Waals surface area contributed by atoms with Crippen LogP contribution in [0.5, 0.6) is 5.75 Å². The molecule has 1 fully saturated rings. The number of aromatic nitrogens is 4. The lowest BCUT2D eigenvalue weighted by molar-refractivity contribution is 0.351. The van der Waals surface area contributed by atoms with Crippen LogP contribution in [-0.4, -0.2) is 39.9 Å². The molecule has 0 atom stereocenters. The minimum atomic E-state index is 0.0132. The predicted octanol–water partition coefficient (Wildman–Crippen LogP) is 2.17. The molecule has 0 aliphatic carbocycles. The van der Waals surface area contributed by atoms with Crippen molar-refractivity contribution in [3.8, 4) is 5.75 Å². The zero-order valence-electron chi connectivity index (χ0n) is 14.0. The number of fused-ring (bicyclic) bond motifs is 1. The molecule has 4 rings (SSSR count). The predicted molar refractivity (Wildman–Crippen MR) is 97.4 cm³/mol. The van der Waals surface area contributed by atoms with Gasteiger partial charge in [-0.1, -0.05) is 11.3 Å². The molecule has 1 aromatic carbocycles. The molecule has 7 nitrogen and oxygen atoms in total. The van der Waals surface area contributed by atoms with Gasteiger partial charge in [-0.05, 0) is 30.9 Å². The Morgan fingerprint density at radius 1 is 1.32 bits per heavy atom. The molecule has 3 aromatic rings. The fourth-order valence-electron chi connectivity index (χ4n) is 3.29. The number of anilines is 1. The van der Waals surface area contributed by atoms with Gasteiger partial charge in [0.2, 0.25) is 5.13 Å². The minimum Gasteiger partial charge on any atom is -0.497 e. The fraction of sp³-hybridized carbons (Fsp3) is 0.412. The number of piperidine rings is 1. The summed E-state index contributed by atoms with van der Waals surface area (Å²) in [6, 6.07) is 5.38. The van der Waals surface area contributed by atoms with Gasteiger partial charge in [0.15, 0.2) is 0 Å². The third-order valence-corrected chi connectivity index (χ3v) is 5.47. The Labute approximate surface area is 148 Å². The van der Waals surface area contributed by atoms with E-state index in [1.54, 1.807) is 53.1 Å². The van der Waals surface area contributed by atoms with Crippen molar-refractivity contribution in [3.05, 3.63) is 40.4 Å². The zero-order chi connectivity index (χ0) is 17.2. The van der Waals surface area contributed by atoms with Gasteiger partial charge < -0.3 is 9.64 Å². The molecule has 0 bridgehead atoms. The Kier molecular flexibility index (Phi) is 4.35. The second kappa shape index (κ2) is 6.79. The summed E-state index contributed by atoms with van der Waals surface area (Å²) in [4.78, 5) is 19.4. The van der Waals surface area contributed by atoms with Crippen molar-refractivity contribution in [2.75, 3.05) is 25.1 Å². The molecule has 2 aromatic heterocycles. The van der Waals surface area contributed by atoms with Crippen LogP contribution in [0.1, 0.15) is 12.8 Å². The van der Waals surface area contributed by atoms with Gasteiger partial charge in [0.05, 0.1) is 24.3 Å². The van der Waals surface area contributed by atoms with E-state index >= 15 is 0 Å². The quantitative estimate of drug-likeness (QED) is 0.712. The molecule has 0 radical (unpaired) electrons. The van der Waals surface area contributed by atoms with E-state index < -0.39 is 0 Å². The van der Waals surface area contributed by atoms with Crippen molar-refractivity contribution in [3.63, 3.8) is 0 Å². The van der Waals surface area contributed by atoms with Crippen LogP contribution in [0, 0.1) is 5.92 Å². The Morgan fingerprint density at radius 2 is 2.16 bits per heavy atom. The summed E-state index contributed by atoms with van der Waals surface area (Å²) in [5.74, 6) is 1.18. The summed E-state index contributed by atoms with van der Waals surface area (Å²) >= 11 is 1.57. The van der Waals surface area contributed by atoms with Gasteiger partial charge in [-0.15, -0.1) is 10.2 Å². The Hall–Kier alpha value is -2.48. The van der Waals surface area contributed by atoms with Gasteiger partial charge >= 0.3 is 0 Å². The van der Waals surface area contributed by atoms with E-state index in [1.165, 1.54) is 0 Å². The summed E-state index contributed by atoms with van der Waals surface area (Å²) < 4.78 is 6.93. The average molecular weight is 357 g/mol.